The van der Waals surface area contributed by atoms with E-state index in [0.29, 0.717) is 5.91 Å². The number of rotatable bonds is 3. The third-order valence-electron chi connectivity index (χ3n) is 4.32. The van der Waals surface area contributed by atoms with Crippen LogP contribution in [0.25, 0.3) is 0 Å². The van der Waals surface area contributed by atoms with Gasteiger partial charge in [-0.2, -0.15) is 0 Å². The first-order chi connectivity index (χ1) is 9.74. The van der Waals surface area contributed by atoms with E-state index < -0.39 is 0 Å². The maximum atomic E-state index is 12.6. The summed E-state index contributed by atoms with van der Waals surface area (Å²) in [5.41, 5.74) is 2.49. The van der Waals surface area contributed by atoms with Crippen molar-refractivity contribution in [3.05, 3.63) is 35.4 Å². The van der Waals surface area contributed by atoms with E-state index in [2.05, 4.69) is 41.4 Å². The van der Waals surface area contributed by atoms with E-state index >= 15 is 0 Å². The topological polar surface area (TPSA) is 35.6 Å². The number of carbonyl (C=O) groups excluding carboxylic acids is 1. The molecule has 1 N–H and O–H groups in total. The molecule has 0 spiro atoms. The van der Waals surface area contributed by atoms with Crippen LogP contribution in [0, 0.1) is 6.92 Å². The Hall–Kier alpha value is -1.39. The van der Waals surface area contributed by atoms with Crippen LogP contribution in [0.5, 0.6) is 0 Å². The van der Waals surface area contributed by atoms with Crippen molar-refractivity contribution in [2.75, 3.05) is 32.7 Å². The molecule has 1 unspecified atom stereocenters. The van der Waals surface area contributed by atoms with Crippen molar-refractivity contribution < 1.29 is 4.79 Å². The summed E-state index contributed by atoms with van der Waals surface area (Å²) in [4.78, 5) is 16.9. The van der Waals surface area contributed by atoms with Gasteiger partial charge in [0.15, 0.2) is 0 Å². The van der Waals surface area contributed by atoms with Gasteiger partial charge in [-0.1, -0.05) is 29.8 Å². The lowest BCUT2D eigenvalue weighted by Gasteiger charge is -2.31. The first-order valence-corrected chi connectivity index (χ1v) is 7.53. The van der Waals surface area contributed by atoms with Crippen LogP contribution in [0.4, 0.5) is 0 Å². The number of amides is 1. The molecular formula is C16H23N3O. The zero-order chi connectivity index (χ0) is 13.9. The molecule has 0 bridgehead atoms. The van der Waals surface area contributed by atoms with E-state index in [4.69, 9.17) is 0 Å². The van der Waals surface area contributed by atoms with Crippen LogP contribution in [0.3, 0.4) is 0 Å². The molecule has 1 aromatic carbocycles. The molecular weight excluding hydrogens is 250 g/mol. The van der Waals surface area contributed by atoms with Crippen LogP contribution in [-0.4, -0.2) is 54.5 Å². The fraction of sp³-hybridized carbons (Fsp3) is 0.562. The summed E-state index contributed by atoms with van der Waals surface area (Å²) >= 11 is 0. The largest absolute Gasteiger partial charge is 0.337 e. The van der Waals surface area contributed by atoms with Gasteiger partial charge in [-0.15, -0.1) is 0 Å². The number of benzene rings is 1. The van der Waals surface area contributed by atoms with Crippen molar-refractivity contribution in [1.29, 1.82) is 0 Å². The molecule has 0 saturated carbocycles. The molecule has 2 fully saturated rings. The second-order valence-electron chi connectivity index (χ2n) is 5.84. The Morgan fingerprint density at radius 2 is 2.05 bits per heavy atom. The summed E-state index contributed by atoms with van der Waals surface area (Å²) in [6, 6.07) is 8.56. The summed E-state index contributed by atoms with van der Waals surface area (Å²) in [6.07, 6.45) is 0.977. The summed E-state index contributed by atoms with van der Waals surface area (Å²) in [7, 11) is 0. The smallest absolute Gasteiger partial charge is 0.240 e. The second kappa shape index (κ2) is 5.94. The predicted molar refractivity (Wildman–Crippen MR) is 79.4 cm³/mol. The average Bonchev–Trinajstić information content (AvgIpc) is 2.81. The maximum absolute atomic E-state index is 12.6. The molecule has 2 aliphatic rings. The minimum atomic E-state index is 0.113. The normalized spacial score (nSPS) is 24.4. The van der Waals surface area contributed by atoms with Crippen LogP contribution >= 0.6 is 0 Å². The summed E-state index contributed by atoms with van der Waals surface area (Å²) in [6.45, 7) is 7.73. The minimum absolute atomic E-state index is 0.113. The molecule has 2 saturated heterocycles. The third kappa shape index (κ3) is 2.86. The van der Waals surface area contributed by atoms with Gasteiger partial charge in [0.25, 0.3) is 0 Å². The standard InChI is InChI=1S/C16H23N3O/c1-13-3-2-4-14(11-13)12-19-8-5-15(16(19)20)18-9-6-17-7-10-18/h2-4,11,15,17H,5-10,12H2,1H3. The Morgan fingerprint density at radius 1 is 1.25 bits per heavy atom. The molecule has 2 heterocycles. The van der Waals surface area contributed by atoms with Crippen molar-refractivity contribution in [2.45, 2.75) is 25.9 Å². The number of carbonyl (C=O) groups is 1. The van der Waals surface area contributed by atoms with Crippen molar-refractivity contribution in [3.8, 4) is 0 Å². The Labute approximate surface area is 120 Å². The fourth-order valence-electron chi connectivity index (χ4n) is 3.24. The fourth-order valence-corrected chi connectivity index (χ4v) is 3.24. The maximum Gasteiger partial charge on any atom is 0.240 e. The molecule has 3 rings (SSSR count). The van der Waals surface area contributed by atoms with Crippen LogP contribution in [-0.2, 0) is 11.3 Å². The number of hydrogen-bond donors (Lipinski definition) is 1. The highest BCUT2D eigenvalue weighted by molar-refractivity contribution is 5.84. The first-order valence-electron chi connectivity index (χ1n) is 7.53. The molecule has 0 radical (unpaired) electrons. The minimum Gasteiger partial charge on any atom is -0.337 e. The number of nitrogens with one attached hydrogen (secondary N) is 1. The van der Waals surface area contributed by atoms with Gasteiger partial charge in [-0.05, 0) is 18.9 Å². The monoisotopic (exact) mass is 273 g/mol. The third-order valence-corrected chi connectivity index (χ3v) is 4.32. The van der Waals surface area contributed by atoms with Gasteiger partial charge < -0.3 is 10.2 Å². The van der Waals surface area contributed by atoms with Crippen molar-refractivity contribution in [3.63, 3.8) is 0 Å². The quantitative estimate of drug-likeness (QED) is 0.892. The summed E-state index contributed by atoms with van der Waals surface area (Å²) < 4.78 is 0. The van der Waals surface area contributed by atoms with Crippen LogP contribution < -0.4 is 5.32 Å². The van der Waals surface area contributed by atoms with E-state index in [-0.39, 0.29) is 6.04 Å². The lowest BCUT2D eigenvalue weighted by molar-refractivity contribution is -0.132. The van der Waals surface area contributed by atoms with E-state index in [9.17, 15) is 4.79 Å². The molecule has 1 amide bonds. The van der Waals surface area contributed by atoms with Gasteiger partial charge in [0, 0.05) is 39.3 Å². The zero-order valence-corrected chi connectivity index (χ0v) is 12.1. The molecule has 0 aromatic heterocycles. The number of hydrogen-bond acceptors (Lipinski definition) is 3. The highest BCUT2D eigenvalue weighted by atomic mass is 16.2. The number of aryl methyl sites for hydroxylation is 1. The number of piperazine rings is 1. The predicted octanol–water partition coefficient (Wildman–Crippen LogP) is 1.00. The molecule has 0 aliphatic carbocycles. The first kappa shape index (κ1) is 13.6. The average molecular weight is 273 g/mol. The molecule has 108 valence electrons. The number of likely N-dealkylation sites (tertiary alicyclic amines) is 1. The van der Waals surface area contributed by atoms with E-state index in [0.717, 1.165) is 45.7 Å². The highest BCUT2D eigenvalue weighted by Gasteiger charge is 2.35. The van der Waals surface area contributed by atoms with E-state index in [1.807, 2.05) is 4.90 Å². The molecule has 4 heteroatoms. The van der Waals surface area contributed by atoms with E-state index in [1.165, 1.54) is 11.1 Å². The zero-order valence-electron chi connectivity index (χ0n) is 12.1. The van der Waals surface area contributed by atoms with Crippen LogP contribution in [0.15, 0.2) is 24.3 Å². The van der Waals surface area contributed by atoms with Gasteiger partial charge in [-0.25, -0.2) is 0 Å². The van der Waals surface area contributed by atoms with Crippen LogP contribution in [0.2, 0.25) is 0 Å². The summed E-state index contributed by atoms with van der Waals surface area (Å²) in [5, 5.41) is 3.34. The van der Waals surface area contributed by atoms with Crippen molar-refractivity contribution in [2.24, 2.45) is 0 Å². The van der Waals surface area contributed by atoms with Gasteiger partial charge in [0.05, 0.1) is 6.04 Å². The second-order valence-corrected chi connectivity index (χ2v) is 5.84. The van der Waals surface area contributed by atoms with Crippen molar-refractivity contribution >= 4 is 5.91 Å². The Morgan fingerprint density at radius 3 is 2.80 bits per heavy atom. The lowest BCUT2D eigenvalue weighted by Crippen LogP contribution is -2.51. The van der Waals surface area contributed by atoms with Gasteiger partial charge >= 0.3 is 0 Å². The molecule has 20 heavy (non-hydrogen) atoms. The Kier molecular flexibility index (Phi) is 4.03. The molecule has 1 aromatic rings. The SMILES string of the molecule is Cc1cccc(CN2CCC(N3CCNCC3)C2=O)c1. The molecule has 4 nitrogen and oxygen atoms in total. The van der Waals surface area contributed by atoms with Gasteiger partial charge in [0.1, 0.15) is 0 Å². The Bertz CT molecular complexity index is 482. The van der Waals surface area contributed by atoms with Crippen molar-refractivity contribution in [1.82, 2.24) is 15.1 Å². The molecule has 1 atom stereocenters. The molecule has 2 aliphatic heterocycles. The number of nitrogens with zero attached hydrogens (tertiary/aromatic N) is 2. The highest BCUT2D eigenvalue weighted by Crippen LogP contribution is 2.20. The van der Waals surface area contributed by atoms with Gasteiger partial charge in [-0.3, -0.25) is 9.69 Å². The van der Waals surface area contributed by atoms with E-state index in [1.54, 1.807) is 0 Å². The van der Waals surface area contributed by atoms with Gasteiger partial charge in [0.2, 0.25) is 5.91 Å². The van der Waals surface area contributed by atoms with Crippen LogP contribution in [0.1, 0.15) is 17.5 Å². The Balaban J connectivity index is 1.63. The summed E-state index contributed by atoms with van der Waals surface area (Å²) in [5.74, 6) is 0.313. The lowest BCUT2D eigenvalue weighted by atomic mass is 10.1.